The topological polar surface area (TPSA) is 114 Å². The first kappa shape index (κ1) is 23.8. The van der Waals surface area contributed by atoms with E-state index in [4.69, 9.17) is 14.7 Å². The molecule has 0 spiro atoms. The molecule has 3 aromatic carbocycles. The molecule has 35 heavy (non-hydrogen) atoms. The molecule has 8 nitrogen and oxygen atoms in total. The Morgan fingerprint density at radius 3 is 2.46 bits per heavy atom. The van der Waals surface area contributed by atoms with Gasteiger partial charge in [-0.05, 0) is 54.8 Å². The van der Waals surface area contributed by atoms with Gasteiger partial charge >= 0.3 is 0 Å². The Balaban J connectivity index is 1.55. The van der Waals surface area contributed by atoms with Crippen LogP contribution in [0.1, 0.15) is 53.6 Å². The normalized spacial score (nSPS) is 13.5. The minimum Gasteiger partial charge on any atom is -0.489 e. The highest BCUT2D eigenvalue weighted by Crippen LogP contribution is 2.29. The monoisotopic (exact) mass is 471 g/mol. The van der Waals surface area contributed by atoms with Gasteiger partial charge in [-0.25, -0.2) is 0 Å². The second-order valence-corrected chi connectivity index (χ2v) is 8.46. The van der Waals surface area contributed by atoms with E-state index >= 15 is 0 Å². The van der Waals surface area contributed by atoms with Gasteiger partial charge in [0.25, 0.3) is 11.6 Å². The van der Waals surface area contributed by atoms with E-state index in [2.05, 4.69) is 11.4 Å². The maximum atomic E-state index is 13.0. The summed E-state index contributed by atoms with van der Waals surface area (Å²) in [4.78, 5) is 23.6. The van der Waals surface area contributed by atoms with Crippen LogP contribution in [-0.4, -0.2) is 16.9 Å². The Labute approximate surface area is 203 Å². The molecule has 3 aromatic rings. The molecule has 1 N–H and O–H groups in total. The third-order valence-corrected chi connectivity index (χ3v) is 5.83. The molecule has 1 aliphatic carbocycles. The van der Waals surface area contributed by atoms with Crippen LogP contribution in [0.25, 0.3) is 0 Å². The number of nitrogens with zero attached hydrogens (tertiary/aromatic N) is 2. The standard InChI is InChI=1S/C27H25N3O5/c28-17-19-9-11-24(12-10-19)35-26-15-21(27(31)29-22-6-2-1-3-7-22)14-25(16-26)34-18-20-5-4-8-23(13-20)30(32)33/h4-5,8-16,22H,1-3,6-7,18H2,(H,29,31). The highest BCUT2D eigenvalue weighted by Gasteiger charge is 2.18. The lowest BCUT2D eigenvalue weighted by molar-refractivity contribution is -0.384. The molecule has 4 rings (SSSR count). The quantitative estimate of drug-likeness (QED) is 0.323. The molecule has 0 heterocycles. The zero-order valence-electron chi connectivity index (χ0n) is 19.1. The second kappa shape index (κ2) is 11.2. The molecule has 0 bridgehead atoms. The van der Waals surface area contributed by atoms with Crippen molar-refractivity contribution in [2.45, 2.75) is 44.8 Å². The number of non-ortho nitro benzene ring substituents is 1. The first-order valence-corrected chi connectivity index (χ1v) is 11.5. The first-order chi connectivity index (χ1) is 17.0. The maximum absolute atomic E-state index is 13.0. The maximum Gasteiger partial charge on any atom is 0.269 e. The van der Waals surface area contributed by atoms with Gasteiger partial charge in [0.15, 0.2) is 0 Å². The largest absolute Gasteiger partial charge is 0.489 e. The number of rotatable bonds is 8. The van der Waals surface area contributed by atoms with Crippen molar-refractivity contribution in [3.8, 4) is 23.3 Å². The summed E-state index contributed by atoms with van der Waals surface area (Å²) in [6.45, 7) is 0.0890. The number of amides is 1. The van der Waals surface area contributed by atoms with Gasteiger partial charge in [-0.3, -0.25) is 14.9 Å². The SMILES string of the molecule is N#Cc1ccc(Oc2cc(OCc3cccc([N+](=O)[O-])c3)cc(C(=O)NC3CCCCC3)c2)cc1. The van der Waals surface area contributed by atoms with Crippen molar-refractivity contribution in [2.75, 3.05) is 0 Å². The lowest BCUT2D eigenvalue weighted by Crippen LogP contribution is -2.36. The summed E-state index contributed by atoms with van der Waals surface area (Å²) in [5.74, 6) is 1.11. The molecule has 0 atom stereocenters. The Hall–Kier alpha value is -4.38. The van der Waals surface area contributed by atoms with Crippen LogP contribution < -0.4 is 14.8 Å². The molecule has 178 valence electrons. The van der Waals surface area contributed by atoms with E-state index in [0.717, 1.165) is 25.7 Å². The highest BCUT2D eigenvalue weighted by molar-refractivity contribution is 5.95. The molecule has 1 amide bonds. The van der Waals surface area contributed by atoms with Crippen molar-refractivity contribution in [2.24, 2.45) is 0 Å². The summed E-state index contributed by atoms with van der Waals surface area (Å²) < 4.78 is 11.8. The number of hydrogen-bond donors (Lipinski definition) is 1. The third-order valence-electron chi connectivity index (χ3n) is 5.83. The van der Waals surface area contributed by atoms with Gasteiger partial charge in [-0.15, -0.1) is 0 Å². The summed E-state index contributed by atoms with van der Waals surface area (Å²) in [6, 6.07) is 20.0. The summed E-state index contributed by atoms with van der Waals surface area (Å²) in [5.41, 5.74) is 1.53. The van der Waals surface area contributed by atoms with E-state index in [0.29, 0.717) is 33.9 Å². The number of carbonyl (C=O) groups is 1. The zero-order valence-corrected chi connectivity index (χ0v) is 19.1. The van der Waals surface area contributed by atoms with Crippen LogP contribution >= 0.6 is 0 Å². The van der Waals surface area contributed by atoms with E-state index in [-0.39, 0.29) is 24.2 Å². The number of nitriles is 1. The zero-order chi connectivity index (χ0) is 24.6. The van der Waals surface area contributed by atoms with E-state index in [1.807, 2.05) is 0 Å². The van der Waals surface area contributed by atoms with Crippen molar-refractivity contribution < 1.29 is 19.2 Å². The third kappa shape index (κ3) is 6.58. The van der Waals surface area contributed by atoms with E-state index in [1.165, 1.54) is 18.6 Å². The van der Waals surface area contributed by atoms with E-state index in [1.54, 1.807) is 54.6 Å². The van der Waals surface area contributed by atoms with Gasteiger partial charge in [0, 0.05) is 29.8 Å². The van der Waals surface area contributed by atoms with Crippen molar-refractivity contribution in [3.05, 3.63) is 93.5 Å². The molecule has 0 saturated heterocycles. The molecule has 1 saturated carbocycles. The van der Waals surface area contributed by atoms with Gasteiger partial charge in [0.1, 0.15) is 23.9 Å². The van der Waals surface area contributed by atoms with Gasteiger partial charge in [-0.2, -0.15) is 5.26 Å². The van der Waals surface area contributed by atoms with Gasteiger partial charge in [0.2, 0.25) is 0 Å². The number of nitro benzene ring substituents is 1. The molecule has 0 unspecified atom stereocenters. The average molecular weight is 472 g/mol. The van der Waals surface area contributed by atoms with Crippen LogP contribution in [0.5, 0.6) is 17.2 Å². The fraction of sp³-hybridized carbons (Fsp3) is 0.259. The molecule has 8 heteroatoms. The second-order valence-electron chi connectivity index (χ2n) is 8.46. The average Bonchev–Trinajstić information content (AvgIpc) is 2.88. The Morgan fingerprint density at radius 2 is 1.74 bits per heavy atom. The summed E-state index contributed by atoms with van der Waals surface area (Å²) in [5, 5.41) is 23.2. The van der Waals surface area contributed by atoms with Gasteiger partial charge in [-0.1, -0.05) is 31.4 Å². The summed E-state index contributed by atoms with van der Waals surface area (Å²) >= 11 is 0. The molecule has 1 aliphatic rings. The minimum atomic E-state index is -0.455. The first-order valence-electron chi connectivity index (χ1n) is 11.5. The van der Waals surface area contributed by atoms with Crippen molar-refractivity contribution in [1.29, 1.82) is 5.26 Å². The van der Waals surface area contributed by atoms with Gasteiger partial charge < -0.3 is 14.8 Å². The van der Waals surface area contributed by atoms with E-state index in [9.17, 15) is 14.9 Å². The predicted molar refractivity (Wildman–Crippen MR) is 129 cm³/mol. The fourth-order valence-corrected chi connectivity index (χ4v) is 4.02. The summed E-state index contributed by atoms with van der Waals surface area (Å²) in [6.07, 6.45) is 5.32. The van der Waals surface area contributed by atoms with Gasteiger partial charge in [0.05, 0.1) is 16.6 Å². The molecular formula is C27H25N3O5. The molecule has 0 radical (unpaired) electrons. The van der Waals surface area contributed by atoms with Crippen LogP contribution in [0.4, 0.5) is 5.69 Å². The number of ether oxygens (including phenoxy) is 2. The van der Waals surface area contributed by atoms with Crippen LogP contribution in [0, 0.1) is 21.4 Å². The lowest BCUT2D eigenvalue weighted by Gasteiger charge is -2.23. The molecule has 0 aliphatic heterocycles. The number of carbonyl (C=O) groups excluding carboxylic acids is 1. The Morgan fingerprint density at radius 1 is 1.00 bits per heavy atom. The smallest absolute Gasteiger partial charge is 0.269 e. The number of benzene rings is 3. The molecular weight excluding hydrogens is 446 g/mol. The number of nitro groups is 1. The summed E-state index contributed by atoms with van der Waals surface area (Å²) in [7, 11) is 0. The Kier molecular flexibility index (Phi) is 7.58. The molecule has 1 fully saturated rings. The van der Waals surface area contributed by atoms with Crippen molar-refractivity contribution in [3.63, 3.8) is 0 Å². The Bertz CT molecular complexity index is 1240. The highest BCUT2D eigenvalue weighted by atomic mass is 16.6. The number of hydrogen-bond acceptors (Lipinski definition) is 6. The minimum absolute atomic E-state index is 0.0171. The lowest BCUT2D eigenvalue weighted by atomic mass is 9.95. The predicted octanol–water partition coefficient (Wildman–Crippen LogP) is 5.90. The molecule has 0 aromatic heterocycles. The van der Waals surface area contributed by atoms with Crippen LogP contribution in [0.3, 0.4) is 0 Å². The van der Waals surface area contributed by atoms with Crippen molar-refractivity contribution >= 4 is 11.6 Å². The van der Waals surface area contributed by atoms with Crippen LogP contribution in [-0.2, 0) is 6.61 Å². The van der Waals surface area contributed by atoms with Crippen LogP contribution in [0.15, 0.2) is 66.7 Å². The van der Waals surface area contributed by atoms with Crippen molar-refractivity contribution in [1.82, 2.24) is 5.32 Å². The van der Waals surface area contributed by atoms with E-state index < -0.39 is 4.92 Å². The fourth-order valence-electron chi connectivity index (χ4n) is 4.02. The van der Waals surface area contributed by atoms with Crippen LogP contribution in [0.2, 0.25) is 0 Å². The number of nitrogens with one attached hydrogen (secondary N) is 1.